The molecule has 1 aliphatic carbocycles. The van der Waals surface area contributed by atoms with Crippen LogP contribution in [0.2, 0.25) is 0 Å². The second kappa shape index (κ2) is 36.0. The summed E-state index contributed by atoms with van der Waals surface area (Å²) >= 11 is 0. The molecule has 0 spiro atoms. The Bertz CT molecular complexity index is 3430. The minimum Gasteiger partial charge on any atom is -0.496 e. The number of anilines is 2. The first-order valence-electron chi connectivity index (χ1n) is 29.3. The molecule has 1 atom stereocenters. The van der Waals surface area contributed by atoms with Gasteiger partial charge >= 0.3 is 0 Å². The van der Waals surface area contributed by atoms with Crippen LogP contribution in [-0.2, 0) is 11.2 Å². The first-order chi connectivity index (χ1) is 39.5. The van der Waals surface area contributed by atoms with E-state index in [0.29, 0.717) is 23.7 Å². The Kier molecular flexibility index (Phi) is 29.8. The molecule has 0 amide bonds. The van der Waals surface area contributed by atoms with Crippen LogP contribution in [0.3, 0.4) is 0 Å². The molecule has 0 saturated heterocycles. The number of benzene rings is 5. The van der Waals surface area contributed by atoms with Crippen LogP contribution in [0.25, 0.3) is 40.1 Å². The highest BCUT2D eigenvalue weighted by molar-refractivity contribution is 5.80. The van der Waals surface area contributed by atoms with Crippen molar-refractivity contribution >= 4 is 40.4 Å². The Hall–Kier alpha value is -8.32. The average molecular weight is 1080 g/mol. The molecule has 0 bridgehead atoms. The van der Waals surface area contributed by atoms with Crippen molar-refractivity contribution in [3.63, 3.8) is 0 Å². The third-order valence-corrected chi connectivity index (χ3v) is 13.5. The fraction of sp³-hybridized carbons (Fsp3) is 0.307. The molecular formula is C75H92N4O2. The highest BCUT2D eigenvalue weighted by Gasteiger charge is 2.20. The van der Waals surface area contributed by atoms with Crippen molar-refractivity contribution in [3.05, 3.63) is 236 Å². The highest BCUT2D eigenvalue weighted by Crippen LogP contribution is 2.40. The number of nitriles is 2. The lowest BCUT2D eigenvalue weighted by Gasteiger charge is -2.27. The molecule has 0 aliphatic heterocycles. The van der Waals surface area contributed by atoms with Gasteiger partial charge in [-0.25, -0.2) is 0 Å². The second-order valence-corrected chi connectivity index (χ2v) is 18.8. The molecule has 424 valence electrons. The Morgan fingerprint density at radius 2 is 1.49 bits per heavy atom. The lowest BCUT2D eigenvalue weighted by molar-refractivity contribution is 0.304. The average Bonchev–Trinajstić information content (AvgIpc) is 3.77. The maximum atomic E-state index is 10.0. The molecule has 0 saturated carbocycles. The topological polar surface area (TPSA) is 72.5 Å². The summed E-state index contributed by atoms with van der Waals surface area (Å²) in [6, 6.07) is 40.6. The van der Waals surface area contributed by atoms with Gasteiger partial charge in [0.1, 0.15) is 11.5 Å². The Labute approximate surface area is 488 Å². The monoisotopic (exact) mass is 1080 g/mol. The number of hydrogen-bond acceptors (Lipinski definition) is 6. The minimum atomic E-state index is -0.187. The zero-order chi connectivity index (χ0) is 59.9. The first kappa shape index (κ1) is 67.0. The Morgan fingerprint density at radius 1 is 0.790 bits per heavy atom. The van der Waals surface area contributed by atoms with Crippen LogP contribution in [0, 0.1) is 28.6 Å². The van der Waals surface area contributed by atoms with E-state index in [1.807, 2.05) is 84.9 Å². The van der Waals surface area contributed by atoms with E-state index in [1.54, 1.807) is 14.2 Å². The van der Waals surface area contributed by atoms with Crippen molar-refractivity contribution in [1.82, 2.24) is 4.90 Å². The first-order valence-corrected chi connectivity index (χ1v) is 29.3. The van der Waals surface area contributed by atoms with Crippen LogP contribution in [0.4, 0.5) is 11.4 Å². The molecule has 0 radical (unpaired) electrons. The molecule has 6 rings (SSSR count). The predicted molar refractivity (Wildman–Crippen MR) is 351 cm³/mol. The van der Waals surface area contributed by atoms with Crippen LogP contribution < -0.4 is 30.5 Å². The number of hydrogen-bond donors (Lipinski definition) is 0. The van der Waals surface area contributed by atoms with Gasteiger partial charge in [0.2, 0.25) is 0 Å². The minimum absolute atomic E-state index is 0.187. The molecule has 1 aliphatic rings. The van der Waals surface area contributed by atoms with E-state index in [-0.39, 0.29) is 5.92 Å². The predicted octanol–water partition coefficient (Wildman–Crippen LogP) is 18.0. The maximum absolute atomic E-state index is 10.0. The van der Waals surface area contributed by atoms with Crippen molar-refractivity contribution in [2.45, 2.75) is 135 Å². The summed E-state index contributed by atoms with van der Waals surface area (Å²) in [6.07, 6.45) is 33.1. The maximum Gasteiger partial charge on any atom is 0.143 e. The number of rotatable bonds is 18. The number of allylic oxidation sites excluding steroid dienone is 12. The quantitative estimate of drug-likeness (QED) is 0.0643. The van der Waals surface area contributed by atoms with E-state index < -0.39 is 0 Å². The fourth-order valence-electron chi connectivity index (χ4n) is 9.71. The van der Waals surface area contributed by atoms with Crippen molar-refractivity contribution in [1.29, 1.82) is 10.5 Å². The normalized spacial score (nSPS) is 14.8. The van der Waals surface area contributed by atoms with Crippen LogP contribution in [-0.4, -0.2) is 19.1 Å². The van der Waals surface area contributed by atoms with Crippen molar-refractivity contribution in [2.24, 2.45) is 5.92 Å². The van der Waals surface area contributed by atoms with Gasteiger partial charge in [-0.2, -0.15) is 10.5 Å². The van der Waals surface area contributed by atoms with Gasteiger partial charge in [-0.05, 0) is 165 Å². The Balaban J connectivity index is 0.00000277. The smallest absolute Gasteiger partial charge is 0.143 e. The molecule has 5 aromatic rings. The lowest BCUT2D eigenvalue weighted by atomic mass is 9.95. The van der Waals surface area contributed by atoms with Crippen LogP contribution in [0.15, 0.2) is 193 Å². The summed E-state index contributed by atoms with van der Waals surface area (Å²) in [5.41, 5.74) is 13.2. The molecule has 5 aromatic carbocycles. The van der Waals surface area contributed by atoms with E-state index in [4.69, 9.17) is 9.47 Å². The second-order valence-electron chi connectivity index (χ2n) is 18.8. The third-order valence-electron chi connectivity index (χ3n) is 13.5. The van der Waals surface area contributed by atoms with E-state index in [2.05, 4.69) is 229 Å². The zero-order valence-electron chi connectivity index (χ0n) is 52.0. The van der Waals surface area contributed by atoms with Gasteiger partial charge in [-0.3, -0.25) is 0 Å². The van der Waals surface area contributed by atoms with Crippen LogP contribution >= 0.6 is 0 Å². The fourth-order valence-corrected chi connectivity index (χ4v) is 9.71. The summed E-state index contributed by atoms with van der Waals surface area (Å²) in [7, 11) is 3.48. The molecule has 1 unspecified atom stereocenters. The van der Waals surface area contributed by atoms with Crippen LogP contribution in [0.5, 0.6) is 5.75 Å². The number of para-hydroxylation sites is 1. The number of aryl methyl sites for hydroxylation is 1. The summed E-state index contributed by atoms with van der Waals surface area (Å²) in [4.78, 5) is 4.49. The van der Waals surface area contributed by atoms with Crippen molar-refractivity contribution < 1.29 is 9.47 Å². The standard InChI is InChI=1S/C69H74N4O2.3C2H6/c1-12-17-33-63(56-29-19-26-52(15-4)44-56)67(74-10)48-72(58-31-20-27-53(46-70)36-40-58)66(24-14-3)65-43-39-55(68(61(65)16-5)50(8)23-13-2)28-18-25-51(9)73(59-41-37-54(47-71)38-42-59)60-32-21-30-57(45-60)64-35-22-34-62(49(6)7)69(64)75-11;3*1-2/h12-14,16-17,19,21-26,28-45,48-49,53H,15,18,20,27H2,1-11H3;3*1-2H3/b17-12-,23-13-,24-14-,51-25+,55-28-,61-16+,63-33-,66-65?,67-48-,68-50-;;;. The molecule has 0 N–H and O–H groups in total. The van der Waals surface area contributed by atoms with E-state index in [9.17, 15) is 10.5 Å². The molecule has 0 fully saturated rings. The summed E-state index contributed by atoms with van der Waals surface area (Å²) in [6.45, 7) is 31.1. The Morgan fingerprint density at radius 3 is 2.11 bits per heavy atom. The molecule has 6 nitrogen and oxygen atoms in total. The molecule has 0 heterocycles. The molecule has 0 aromatic heterocycles. The van der Waals surface area contributed by atoms with E-state index in [1.165, 1.54) is 11.1 Å². The molecule has 81 heavy (non-hydrogen) atoms. The van der Waals surface area contributed by atoms with Gasteiger partial charge in [-0.15, -0.1) is 0 Å². The number of methoxy groups -OCH3 is 2. The van der Waals surface area contributed by atoms with Gasteiger partial charge < -0.3 is 19.3 Å². The van der Waals surface area contributed by atoms with Crippen molar-refractivity contribution in [3.8, 4) is 29.0 Å². The van der Waals surface area contributed by atoms with Gasteiger partial charge in [-0.1, -0.05) is 196 Å². The zero-order valence-corrected chi connectivity index (χ0v) is 52.0. The SMILES string of the molecule is CC.CC.CC.C\C=C/C=C(\C(=C\N(C1=CCCC(C#N)C=C1)C(/C=C\C)=c1ccc(=C/C/C=C(\C)N(c2ccc(C#N)cc2)c2cccc(-c3cccc(C(C)C)c3OC)c2)/c(=C(C)/C=C\C)/c1=C/C)OC)c1cccc(CC)c1. The van der Waals surface area contributed by atoms with Gasteiger partial charge in [0.25, 0.3) is 0 Å². The lowest BCUT2D eigenvalue weighted by Crippen LogP contribution is -2.50. The van der Waals surface area contributed by atoms with Crippen molar-refractivity contribution in [2.75, 3.05) is 19.1 Å². The highest BCUT2D eigenvalue weighted by atomic mass is 16.5. The van der Waals surface area contributed by atoms with Gasteiger partial charge in [0, 0.05) is 39.1 Å². The molecule has 6 heteroatoms. The van der Waals surface area contributed by atoms with Gasteiger partial charge in [0.05, 0.1) is 49.7 Å². The van der Waals surface area contributed by atoms with E-state index in [0.717, 1.165) is 102 Å². The summed E-state index contributed by atoms with van der Waals surface area (Å²) in [5.74, 6) is 1.70. The van der Waals surface area contributed by atoms with Crippen LogP contribution in [0.1, 0.15) is 151 Å². The molecular weight excluding hydrogens is 989 g/mol. The third kappa shape index (κ3) is 17.8. The number of nitrogens with zero attached hydrogens (tertiary/aromatic N) is 4. The summed E-state index contributed by atoms with van der Waals surface area (Å²) < 4.78 is 12.4. The number of ether oxygens (including phenoxy) is 2. The van der Waals surface area contributed by atoms with E-state index >= 15 is 0 Å². The largest absolute Gasteiger partial charge is 0.496 e. The summed E-state index contributed by atoms with van der Waals surface area (Å²) in [5, 5.41) is 24.2. The van der Waals surface area contributed by atoms with Gasteiger partial charge in [0.15, 0.2) is 0 Å².